The highest BCUT2D eigenvalue weighted by molar-refractivity contribution is 14.0. The van der Waals surface area contributed by atoms with Gasteiger partial charge in [-0.2, -0.15) is 11.8 Å². The normalized spacial score (nSPS) is 10.7. The molecule has 2 N–H and O–H groups in total. The second kappa shape index (κ2) is 14.2. The molecule has 0 radical (unpaired) electrons. The fraction of sp³-hybridized carbons (Fsp3) is 0.571. The molecule has 0 saturated heterocycles. The van der Waals surface area contributed by atoms with Crippen LogP contribution in [0.1, 0.15) is 12.8 Å². The molecule has 1 rings (SSSR count). The molecule has 0 amide bonds. The second-order valence-corrected chi connectivity index (χ2v) is 5.15. The van der Waals surface area contributed by atoms with Crippen LogP contribution in [-0.4, -0.2) is 49.7 Å². The number of hydrogen-bond acceptors (Lipinski definition) is 4. The SMILES string of the molecule is CN=C(NCCCCSC)NCCOc1cccnc1.I. The topological polar surface area (TPSA) is 58.5 Å². The Hall–Kier alpha value is -0.700. The van der Waals surface area contributed by atoms with Crippen LogP contribution in [0.3, 0.4) is 0 Å². The number of guanidine groups is 1. The van der Waals surface area contributed by atoms with Gasteiger partial charge >= 0.3 is 0 Å². The minimum atomic E-state index is 0. The molecule has 21 heavy (non-hydrogen) atoms. The largest absolute Gasteiger partial charge is 0.490 e. The molecule has 0 aliphatic heterocycles. The van der Waals surface area contributed by atoms with E-state index in [-0.39, 0.29) is 24.0 Å². The fourth-order valence-electron chi connectivity index (χ4n) is 1.57. The zero-order chi connectivity index (χ0) is 14.5. The Morgan fingerprint density at radius 1 is 1.33 bits per heavy atom. The van der Waals surface area contributed by atoms with E-state index in [2.05, 4.69) is 26.9 Å². The van der Waals surface area contributed by atoms with Crippen molar-refractivity contribution in [2.24, 2.45) is 4.99 Å². The second-order valence-electron chi connectivity index (χ2n) is 4.16. The Morgan fingerprint density at radius 3 is 2.81 bits per heavy atom. The predicted molar refractivity (Wildman–Crippen MR) is 102 cm³/mol. The van der Waals surface area contributed by atoms with Gasteiger partial charge in [-0.05, 0) is 37.0 Å². The number of ether oxygens (including phenoxy) is 1. The number of hydrogen-bond donors (Lipinski definition) is 2. The molecule has 0 aromatic carbocycles. The van der Waals surface area contributed by atoms with E-state index in [1.54, 1.807) is 19.4 Å². The van der Waals surface area contributed by atoms with Crippen LogP contribution in [0.2, 0.25) is 0 Å². The Labute approximate surface area is 148 Å². The molecule has 1 heterocycles. The van der Waals surface area contributed by atoms with E-state index >= 15 is 0 Å². The van der Waals surface area contributed by atoms with Gasteiger partial charge < -0.3 is 15.4 Å². The lowest BCUT2D eigenvalue weighted by Gasteiger charge is -2.12. The first kappa shape index (κ1) is 20.3. The van der Waals surface area contributed by atoms with Gasteiger partial charge in [0.05, 0.1) is 12.7 Å². The van der Waals surface area contributed by atoms with E-state index in [4.69, 9.17) is 4.74 Å². The highest BCUT2D eigenvalue weighted by Gasteiger charge is 1.97. The maximum Gasteiger partial charge on any atom is 0.191 e. The third kappa shape index (κ3) is 10.6. The molecular weight excluding hydrogens is 399 g/mol. The van der Waals surface area contributed by atoms with Crippen LogP contribution in [0.4, 0.5) is 0 Å². The van der Waals surface area contributed by atoms with Gasteiger partial charge in [-0.1, -0.05) is 0 Å². The summed E-state index contributed by atoms with van der Waals surface area (Å²) in [5.41, 5.74) is 0. The van der Waals surface area contributed by atoms with Crippen LogP contribution in [0.25, 0.3) is 0 Å². The summed E-state index contributed by atoms with van der Waals surface area (Å²) in [5.74, 6) is 2.82. The minimum absolute atomic E-state index is 0. The maximum atomic E-state index is 5.55. The molecule has 0 aliphatic carbocycles. The van der Waals surface area contributed by atoms with Crippen LogP contribution in [0.15, 0.2) is 29.5 Å². The molecule has 120 valence electrons. The van der Waals surface area contributed by atoms with Crippen molar-refractivity contribution in [2.75, 3.05) is 38.8 Å². The highest BCUT2D eigenvalue weighted by atomic mass is 127. The third-order valence-electron chi connectivity index (χ3n) is 2.59. The summed E-state index contributed by atoms with van der Waals surface area (Å²) >= 11 is 1.89. The lowest BCUT2D eigenvalue weighted by molar-refractivity contribution is 0.320. The van der Waals surface area contributed by atoms with E-state index < -0.39 is 0 Å². The average Bonchev–Trinajstić information content (AvgIpc) is 2.50. The molecule has 0 atom stereocenters. The Balaban J connectivity index is 0.00000400. The van der Waals surface area contributed by atoms with E-state index in [0.717, 1.165) is 24.7 Å². The van der Waals surface area contributed by atoms with Crippen molar-refractivity contribution >= 4 is 41.7 Å². The molecule has 5 nitrogen and oxygen atoms in total. The number of nitrogens with zero attached hydrogens (tertiary/aromatic N) is 2. The molecule has 0 aliphatic rings. The van der Waals surface area contributed by atoms with E-state index in [1.807, 2.05) is 23.9 Å². The maximum absolute atomic E-state index is 5.55. The number of thioether (sulfide) groups is 1. The predicted octanol–water partition coefficient (Wildman–Crippen LogP) is 2.39. The lowest BCUT2D eigenvalue weighted by Crippen LogP contribution is -2.39. The van der Waals surface area contributed by atoms with Crippen molar-refractivity contribution < 1.29 is 4.74 Å². The summed E-state index contributed by atoms with van der Waals surface area (Å²) in [4.78, 5) is 8.17. The number of unbranched alkanes of at least 4 members (excludes halogenated alkanes) is 1. The molecule has 1 aromatic heterocycles. The van der Waals surface area contributed by atoms with Gasteiger partial charge in [-0.3, -0.25) is 9.98 Å². The third-order valence-corrected chi connectivity index (χ3v) is 3.29. The van der Waals surface area contributed by atoms with Crippen LogP contribution >= 0.6 is 35.7 Å². The molecule has 0 unspecified atom stereocenters. The van der Waals surface area contributed by atoms with Gasteiger partial charge in [-0.15, -0.1) is 24.0 Å². The molecule has 1 aromatic rings. The zero-order valence-corrected chi connectivity index (χ0v) is 15.8. The number of aromatic nitrogens is 1. The molecule has 0 bridgehead atoms. The van der Waals surface area contributed by atoms with Crippen molar-refractivity contribution in [2.45, 2.75) is 12.8 Å². The summed E-state index contributed by atoms with van der Waals surface area (Å²) in [6.45, 7) is 2.24. The first-order valence-corrected chi connectivity index (χ1v) is 8.22. The summed E-state index contributed by atoms with van der Waals surface area (Å²) in [6, 6.07) is 3.75. The summed E-state index contributed by atoms with van der Waals surface area (Å²) in [5, 5.41) is 6.51. The Bertz CT molecular complexity index is 378. The standard InChI is InChI=1S/C14H24N4OS.HI/c1-15-14(17-8-3-4-11-20-2)18-9-10-19-13-6-5-7-16-12-13;/h5-7,12H,3-4,8-11H2,1-2H3,(H2,15,17,18);1H. The summed E-state index contributed by atoms with van der Waals surface area (Å²) < 4.78 is 5.55. The van der Waals surface area contributed by atoms with E-state index in [1.165, 1.54) is 12.2 Å². The van der Waals surface area contributed by atoms with Gasteiger partial charge in [0.15, 0.2) is 5.96 Å². The van der Waals surface area contributed by atoms with E-state index in [0.29, 0.717) is 13.2 Å². The van der Waals surface area contributed by atoms with Crippen LogP contribution in [0, 0.1) is 0 Å². The van der Waals surface area contributed by atoms with Gasteiger partial charge in [0.1, 0.15) is 12.4 Å². The van der Waals surface area contributed by atoms with E-state index in [9.17, 15) is 0 Å². The molecule has 7 heteroatoms. The van der Waals surface area contributed by atoms with Crippen molar-refractivity contribution in [3.8, 4) is 5.75 Å². The van der Waals surface area contributed by atoms with Gasteiger partial charge in [0.2, 0.25) is 0 Å². The summed E-state index contributed by atoms with van der Waals surface area (Å²) in [6.07, 6.45) is 7.96. The molecule has 0 saturated carbocycles. The zero-order valence-electron chi connectivity index (χ0n) is 12.7. The van der Waals surface area contributed by atoms with Gasteiger partial charge in [-0.25, -0.2) is 0 Å². The quantitative estimate of drug-likeness (QED) is 0.276. The first-order chi connectivity index (χ1) is 9.86. The number of halogens is 1. The smallest absolute Gasteiger partial charge is 0.191 e. The van der Waals surface area contributed by atoms with Crippen molar-refractivity contribution in [1.82, 2.24) is 15.6 Å². The van der Waals surface area contributed by atoms with Crippen LogP contribution in [-0.2, 0) is 0 Å². The van der Waals surface area contributed by atoms with Gasteiger partial charge in [0, 0.05) is 19.8 Å². The van der Waals surface area contributed by atoms with Crippen molar-refractivity contribution in [3.63, 3.8) is 0 Å². The summed E-state index contributed by atoms with van der Waals surface area (Å²) in [7, 11) is 1.78. The van der Waals surface area contributed by atoms with Crippen molar-refractivity contribution in [1.29, 1.82) is 0 Å². The Kier molecular flexibility index (Phi) is 13.8. The van der Waals surface area contributed by atoms with Crippen LogP contribution in [0.5, 0.6) is 5.75 Å². The molecule has 0 fully saturated rings. The number of nitrogens with one attached hydrogen (secondary N) is 2. The minimum Gasteiger partial charge on any atom is -0.490 e. The number of aliphatic imine (C=N–C) groups is 1. The highest BCUT2D eigenvalue weighted by Crippen LogP contribution is 2.04. The van der Waals surface area contributed by atoms with Gasteiger partial charge in [0.25, 0.3) is 0 Å². The average molecular weight is 424 g/mol. The molecule has 0 spiro atoms. The van der Waals surface area contributed by atoms with Crippen molar-refractivity contribution in [3.05, 3.63) is 24.5 Å². The molecular formula is C14H25IN4OS. The lowest BCUT2D eigenvalue weighted by atomic mass is 10.3. The monoisotopic (exact) mass is 424 g/mol. The van der Waals surface area contributed by atoms with Crippen LogP contribution < -0.4 is 15.4 Å². The first-order valence-electron chi connectivity index (χ1n) is 6.83. The Morgan fingerprint density at radius 2 is 2.14 bits per heavy atom. The fourth-order valence-corrected chi connectivity index (χ4v) is 2.06. The number of pyridine rings is 1. The number of rotatable bonds is 9.